The summed E-state index contributed by atoms with van der Waals surface area (Å²) >= 11 is 3.39. The molecule has 2 rings (SSSR count). The van der Waals surface area contributed by atoms with Crippen molar-refractivity contribution in [2.24, 2.45) is 0 Å². The van der Waals surface area contributed by atoms with Gasteiger partial charge in [-0.1, -0.05) is 24.6 Å². The molecule has 0 atom stereocenters. The van der Waals surface area contributed by atoms with Gasteiger partial charge in [-0.15, -0.1) is 0 Å². The van der Waals surface area contributed by atoms with E-state index in [9.17, 15) is 9.59 Å². The van der Waals surface area contributed by atoms with Crippen molar-refractivity contribution >= 4 is 39.1 Å². The van der Waals surface area contributed by atoms with Crippen LogP contribution >= 0.6 is 15.9 Å². The number of halogens is 1. The van der Waals surface area contributed by atoms with Gasteiger partial charge in [0, 0.05) is 22.3 Å². The van der Waals surface area contributed by atoms with Gasteiger partial charge in [0.1, 0.15) is 0 Å². The van der Waals surface area contributed by atoms with Crippen molar-refractivity contribution in [2.75, 3.05) is 10.6 Å². The van der Waals surface area contributed by atoms with Crippen LogP contribution in [0.3, 0.4) is 0 Å². The molecule has 0 fully saturated rings. The predicted octanol–water partition coefficient (Wildman–Crippen LogP) is 4.75. The van der Waals surface area contributed by atoms with E-state index in [4.69, 9.17) is 0 Å². The van der Waals surface area contributed by atoms with E-state index in [2.05, 4.69) is 26.6 Å². The normalized spacial score (nSPS) is 10.2. The molecule has 2 aromatic rings. The van der Waals surface area contributed by atoms with Crippen molar-refractivity contribution in [3.8, 4) is 0 Å². The number of amides is 2. The number of nitrogens with one attached hydrogen (secondary N) is 2. The summed E-state index contributed by atoms with van der Waals surface area (Å²) in [4.78, 5) is 24.0. The monoisotopic (exact) mass is 374 g/mol. The van der Waals surface area contributed by atoms with Crippen LogP contribution in [0, 0.1) is 6.92 Å². The lowest BCUT2D eigenvalue weighted by Crippen LogP contribution is -2.14. The average Bonchev–Trinajstić information content (AvgIpc) is 2.50. The molecule has 4 nitrogen and oxygen atoms in total. The van der Waals surface area contributed by atoms with E-state index in [1.54, 1.807) is 24.3 Å². The van der Waals surface area contributed by atoms with Gasteiger partial charge < -0.3 is 10.6 Å². The van der Waals surface area contributed by atoms with Gasteiger partial charge in [-0.25, -0.2) is 0 Å². The van der Waals surface area contributed by atoms with E-state index >= 15 is 0 Å². The highest BCUT2D eigenvalue weighted by molar-refractivity contribution is 9.10. The fraction of sp³-hybridized carbons (Fsp3) is 0.222. The van der Waals surface area contributed by atoms with E-state index in [0.29, 0.717) is 23.4 Å². The van der Waals surface area contributed by atoms with Crippen LogP contribution in [0.1, 0.15) is 35.7 Å². The van der Waals surface area contributed by atoms with Crippen molar-refractivity contribution in [2.45, 2.75) is 26.7 Å². The van der Waals surface area contributed by atoms with Crippen LogP contribution in [0.4, 0.5) is 11.4 Å². The molecule has 0 aliphatic heterocycles. The number of hydrogen-bond acceptors (Lipinski definition) is 2. The van der Waals surface area contributed by atoms with Gasteiger partial charge in [0.05, 0.1) is 5.56 Å². The van der Waals surface area contributed by atoms with Crippen LogP contribution in [0.2, 0.25) is 0 Å². The Morgan fingerprint density at radius 1 is 1.04 bits per heavy atom. The summed E-state index contributed by atoms with van der Waals surface area (Å²) in [6, 6.07) is 12.7. The molecule has 0 spiro atoms. The van der Waals surface area contributed by atoms with Gasteiger partial charge in [-0.05, 0) is 59.6 Å². The first-order valence-corrected chi connectivity index (χ1v) is 8.26. The summed E-state index contributed by atoms with van der Waals surface area (Å²) in [5, 5.41) is 5.67. The molecule has 0 aromatic heterocycles. The van der Waals surface area contributed by atoms with Gasteiger partial charge >= 0.3 is 0 Å². The summed E-state index contributed by atoms with van der Waals surface area (Å²) < 4.78 is 0.744. The maximum Gasteiger partial charge on any atom is 0.256 e. The van der Waals surface area contributed by atoms with Gasteiger partial charge in [0.2, 0.25) is 5.91 Å². The average molecular weight is 375 g/mol. The quantitative estimate of drug-likeness (QED) is 0.793. The Morgan fingerprint density at radius 3 is 2.43 bits per heavy atom. The van der Waals surface area contributed by atoms with Crippen molar-refractivity contribution in [3.63, 3.8) is 0 Å². The number of anilines is 2. The minimum atomic E-state index is -0.197. The molecule has 0 aliphatic rings. The molecule has 120 valence electrons. The molecule has 0 saturated carbocycles. The fourth-order valence-corrected chi connectivity index (χ4v) is 2.56. The van der Waals surface area contributed by atoms with Crippen molar-refractivity contribution in [1.29, 1.82) is 0 Å². The molecule has 2 amide bonds. The molecule has 0 aliphatic carbocycles. The SMILES string of the molecule is CCCC(=O)Nc1cccc(NC(=O)c2cc(C)ccc2Br)c1. The number of carbonyl (C=O) groups excluding carboxylic acids is 2. The summed E-state index contributed by atoms with van der Waals surface area (Å²) in [6.45, 7) is 3.89. The van der Waals surface area contributed by atoms with Crippen LogP contribution < -0.4 is 10.6 Å². The molecule has 0 heterocycles. The summed E-state index contributed by atoms with van der Waals surface area (Å²) in [5.41, 5.74) is 2.90. The molecule has 2 N–H and O–H groups in total. The lowest BCUT2D eigenvalue weighted by Gasteiger charge is -2.10. The van der Waals surface area contributed by atoms with E-state index < -0.39 is 0 Å². The van der Waals surface area contributed by atoms with Crippen LogP contribution in [-0.2, 0) is 4.79 Å². The van der Waals surface area contributed by atoms with Crippen LogP contribution in [0.5, 0.6) is 0 Å². The van der Waals surface area contributed by atoms with Crippen LogP contribution in [-0.4, -0.2) is 11.8 Å². The lowest BCUT2D eigenvalue weighted by atomic mass is 10.1. The fourth-order valence-electron chi connectivity index (χ4n) is 2.14. The number of hydrogen-bond donors (Lipinski definition) is 2. The largest absolute Gasteiger partial charge is 0.326 e. The molecular weight excluding hydrogens is 356 g/mol. The Labute approximate surface area is 144 Å². The van der Waals surface area contributed by atoms with Crippen molar-refractivity contribution < 1.29 is 9.59 Å². The third kappa shape index (κ3) is 4.93. The minimum absolute atomic E-state index is 0.0302. The highest BCUT2D eigenvalue weighted by atomic mass is 79.9. The lowest BCUT2D eigenvalue weighted by molar-refractivity contribution is -0.116. The molecule has 0 radical (unpaired) electrons. The predicted molar refractivity (Wildman–Crippen MR) is 96.8 cm³/mol. The van der Waals surface area contributed by atoms with E-state index in [1.807, 2.05) is 32.0 Å². The zero-order valence-corrected chi connectivity index (χ0v) is 14.7. The molecule has 5 heteroatoms. The summed E-state index contributed by atoms with van der Waals surface area (Å²) in [5.74, 6) is -0.227. The highest BCUT2D eigenvalue weighted by Gasteiger charge is 2.11. The number of benzene rings is 2. The smallest absolute Gasteiger partial charge is 0.256 e. The topological polar surface area (TPSA) is 58.2 Å². The van der Waals surface area contributed by atoms with Crippen LogP contribution in [0.25, 0.3) is 0 Å². The van der Waals surface area contributed by atoms with Gasteiger partial charge in [-0.2, -0.15) is 0 Å². The molecule has 0 bridgehead atoms. The molecule has 0 saturated heterocycles. The summed E-state index contributed by atoms with van der Waals surface area (Å²) in [6.07, 6.45) is 1.27. The molecule has 0 unspecified atom stereocenters. The third-order valence-electron chi connectivity index (χ3n) is 3.25. The van der Waals surface area contributed by atoms with Gasteiger partial charge in [0.15, 0.2) is 0 Å². The van der Waals surface area contributed by atoms with Crippen molar-refractivity contribution in [1.82, 2.24) is 0 Å². The first kappa shape index (κ1) is 17.2. The van der Waals surface area contributed by atoms with E-state index in [1.165, 1.54) is 0 Å². The molecule has 2 aromatic carbocycles. The number of rotatable bonds is 5. The maximum absolute atomic E-state index is 12.4. The first-order chi connectivity index (χ1) is 11.0. The van der Waals surface area contributed by atoms with Crippen LogP contribution in [0.15, 0.2) is 46.9 Å². The molecular formula is C18H19BrN2O2. The standard InChI is InChI=1S/C18H19BrN2O2/c1-3-5-17(22)20-13-6-4-7-14(11-13)21-18(23)15-10-12(2)8-9-16(15)19/h4,6-11H,3,5H2,1-2H3,(H,20,22)(H,21,23). The Morgan fingerprint density at radius 2 is 1.74 bits per heavy atom. The first-order valence-electron chi connectivity index (χ1n) is 7.47. The maximum atomic E-state index is 12.4. The van der Waals surface area contributed by atoms with E-state index in [0.717, 1.165) is 16.5 Å². The zero-order valence-electron chi connectivity index (χ0n) is 13.2. The molecule has 23 heavy (non-hydrogen) atoms. The number of carbonyl (C=O) groups is 2. The van der Waals surface area contributed by atoms with Gasteiger partial charge in [-0.3, -0.25) is 9.59 Å². The minimum Gasteiger partial charge on any atom is -0.326 e. The third-order valence-corrected chi connectivity index (χ3v) is 3.94. The summed E-state index contributed by atoms with van der Waals surface area (Å²) in [7, 11) is 0. The van der Waals surface area contributed by atoms with Crippen molar-refractivity contribution in [3.05, 3.63) is 58.1 Å². The second kappa shape index (κ2) is 7.92. The Kier molecular flexibility index (Phi) is 5.93. The zero-order chi connectivity index (χ0) is 16.8. The highest BCUT2D eigenvalue weighted by Crippen LogP contribution is 2.21. The van der Waals surface area contributed by atoms with Gasteiger partial charge in [0.25, 0.3) is 5.91 Å². The Hall–Kier alpha value is -2.14. The second-order valence-electron chi connectivity index (χ2n) is 5.32. The Balaban J connectivity index is 2.12. The second-order valence-corrected chi connectivity index (χ2v) is 6.17. The van der Waals surface area contributed by atoms with E-state index in [-0.39, 0.29) is 11.8 Å². The number of aryl methyl sites for hydroxylation is 1. The Bertz CT molecular complexity index is 729.